The van der Waals surface area contributed by atoms with Crippen LogP contribution in [0.5, 0.6) is 0 Å². The van der Waals surface area contributed by atoms with Crippen molar-refractivity contribution in [1.29, 1.82) is 0 Å². The van der Waals surface area contributed by atoms with Gasteiger partial charge in [-0.2, -0.15) is 5.10 Å². The van der Waals surface area contributed by atoms with E-state index in [1.807, 2.05) is 30.5 Å². The summed E-state index contributed by atoms with van der Waals surface area (Å²) in [4.78, 5) is 5.66. The summed E-state index contributed by atoms with van der Waals surface area (Å²) in [5, 5.41) is 4.41. The molecule has 102 valence electrons. The van der Waals surface area contributed by atoms with Gasteiger partial charge in [0.1, 0.15) is 0 Å². The lowest BCUT2D eigenvalue weighted by atomic mass is 10.3. The van der Waals surface area contributed by atoms with Crippen LogP contribution in [0.1, 0.15) is 17.8 Å². The minimum absolute atomic E-state index is 0.281. The highest BCUT2D eigenvalue weighted by Gasteiger charge is 2.07. The van der Waals surface area contributed by atoms with Crippen LogP contribution in [0.2, 0.25) is 0 Å². The van der Waals surface area contributed by atoms with Crippen LogP contribution in [0.25, 0.3) is 0 Å². The van der Waals surface area contributed by atoms with Crippen molar-refractivity contribution < 1.29 is 4.39 Å². The summed E-state index contributed by atoms with van der Waals surface area (Å²) >= 11 is 0. The molecule has 19 heavy (non-hydrogen) atoms. The summed E-state index contributed by atoms with van der Waals surface area (Å²) in [5.41, 5.74) is 2.78. The third kappa shape index (κ3) is 3.30. The van der Waals surface area contributed by atoms with Crippen LogP contribution in [0.15, 0.2) is 24.5 Å². The van der Waals surface area contributed by atoms with Gasteiger partial charge in [0.15, 0.2) is 5.82 Å². The van der Waals surface area contributed by atoms with Gasteiger partial charge in [-0.05, 0) is 32.4 Å². The monoisotopic (exact) mass is 262 g/mol. The van der Waals surface area contributed by atoms with Crippen molar-refractivity contribution in [2.75, 3.05) is 18.5 Å². The molecule has 2 heterocycles. The molecule has 0 amide bonds. The van der Waals surface area contributed by atoms with Crippen LogP contribution in [0.4, 0.5) is 10.1 Å². The molecule has 2 aromatic rings. The zero-order chi connectivity index (χ0) is 13.8. The first-order valence-corrected chi connectivity index (χ1v) is 6.39. The van der Waals surface area contributed by atoms with E-state index in [1.165, 1.54) is 6.20 Å². The molecule has 4 nitrogen and oxygen atoms in total. The number of hydrogen-bond donors (Lipinski definition) is 0. The molecule has 0 saturated heterocycles. The molecule has 0 N–H and O–H groups in total. The van der Waals surface area contributed by atoms with E-state index < -0.39 is 0 Å². The van der Waals surface area contributed by atoms with Gasteiger partial charge in [0.25, 0.3) is 0 Å². The van der Waals surface area contributed by atoms with Gasteiger partial charge < -0.3 is 4.90 Å². The second-order valence-electron chi connectivity index (χ2n) is 4.75. The molecular weight excluding hydrogens is 243 g/mol. The summed E-state index contributed by atoms with van der Waals surface area (Å²) in [7, 11) is 1.89. The molecule has 0 saturated carbocycles. The quantitative estimate of drug-likeness (QED) is 0.830. The number of anilines is 1. The Morgan fingerprint density at radius 2 is 2.16 bits per heavy atom. The van der Waals surface area contributed by atoms with Crippen LogP contribution in [-0.2, 0) is 6.54 Å². The van der Waals surface area contributed by atoms with Gasteiger partial charge in [-0.25, -0.2) is 4.39 Å². The van der Waals surface area contributed by atoms with Crippen molar-refractivity contribution in [3.05, 3.63) is 41.7 Å². The van der Waals surface area contributed by atoms with Gasteiger partial charge in [0.2, 0.25) is 0 Å². The minimum atomic E-state index is -0.281. The SMILES string of the molecule is Cc1cc(C)n(CCCN(C)c2ccncc2F)n1. The Kier molecular flexibility index (Phi) is 4.14. The molecule has 5 heteroatoms. The first kappa shape index (κ1) is 13.5. The fraction of sp³-hybridized carbons (Fsp3) is 0.429. The Hall–Kier alpha value is -1.91. The Labute approximate surface area is 112 Å². The third-order valence-corrected chi connectivity index (χ3v) is 3.13. The lowest BCUT2D eigenvalue weighted by Gasteiger charge is -2.19. The molecule has 0 aliphatic carbocycles. The van der Waals surface area contributed by atoms with Crippen molar-refractivity contribution in [2.24, 2.45) is 0 Å². The maximum absolute atomic E-state index is 13.5. The van der Waals surface area contributed by atoms with Gasteiger partial charge in [-0.15, -0.1) is 0 Å². The van der Waals surface area contributed by atoms with Crippen LogP contribution in [-0.4, -0.2) is 28.4 Å². The fourth-order valence-corrected chi connectivity index (χ4v) is 2.16. The molecule has 0 spiro atoms. The standard InChI is InChI=1S/C14H19FN4/c1-11-9-12(2)19(17-11)8-4-7-18(3)14-5-6-16-10-13(14)15/h5-6,9-10H,4,7-8H2,1-3H3. The second kappa shape index (κ2) is 5.82. The van der Waals surface area contributed by atoms with E-state index in [4.69, 9.17) is 0 Å². The lowest BCUT2D eigenvalue weighted by molar-refractivity contribution is 0.557. The van der Waals surface area contributed by atoms with Gasteiger partial charge in [0, 0.05) is 32.0 Å². The summed E-state index contributed by atoms with van der Waals surface area (Å²) in [6, 6.07) is 3.75. The van der Waals surface area contributed by atoms with Crippen molar-refractivity contribution in [3.63, 3.8) is 0 Å². The molecule has 0 atom stereocenters. The van der Waals surface area contributed by atoms with Crippen LogP contribution in [0.3, 0.4) is 0 Å². The largest absolute Gasteiger partial charge is 0.372 e. The number of pyridine rings is 1. The third-order valence-electron chi connectivity index (χ3n) is 3.13. The fourth-order valence-electron chi connectivity index (χ4n) is 2.16. The first-order valence-electron chi connectivity index (χ1n) is 6.39. The highest BCUT2D eigenvalue weighted by Crippen LogP contribution is 2.16. The minimum Gasteiger partial charge on any atom is -0.372 e. The predicted octanol–water partition coefficient (Wildman–Crippen LogP) is 2.56. The number of rotatable bonds is 5. The predicted molar refractivity (Wildman–Crippen MR) is 73.8 cm³/mol. The van der Waals surface area contributed by atoms with Crippen molar-refractivity contribution in [2.45, 2.75) is 26.8 Å². The van der Waals surface area contributed by atoms with E-state index in [2.05, 4.69) is 16.1 Å². The van der Waals surface area contributed by atoms with Crippen molar-refractivity contribution in [3.8, 4) is 0 Å². The van der Waals surface area contributed by atoms with E-state index in [0.717, 1.165) is 30.9 Å². The Bertz CT molecular complexity index is 550. The number of aromatic nitrogens is 3. The van der Waals surface area contributed by atoms with E-state index in [9.17, 15) is 4.39 Å². The Morgan fingerprint density at radius 1 is 1.37 bits per heavy atom. The molecule has 2 rings (SSSR count). The summed E-state index contributed by atoms with van der Waals surface area (Å²) in [6.45, 7) is 5.66. The van der Waals surface area contributed by atoms with Gasteiger partial charge in [0.05, 0.1) is 17.6 Å². The zero-order valence-electron chi connectivity index (χ0n) is 11.6. The van der Waals surface area contributed by atoms with E-state index in [-0.39, 0.29) is 5.82 Å². The topological polar surface area (TPSA) is 34.0 Å². The lowest BCUT2D eigenvalue weighted by Crippen LogP contribution is -2.21. The molecule has 0 aromatic carbocycles. The van der Waals surface area contributed by atoms with E-state index in [1.54, 1.807) is 12.3 Å². The molecule has 0 fully saturated rings. The second-order valence-corrected chi connectivity index (χ2v) is 4.75. The van der Waals surface area contributed by atoms with Gasteiger partial charge in [-0.3, -0.25) is 9.67 Å². The Balaban J connectivity index is 1.89. The zero-order valence-corrected chi connectivity index (χ0v) is 11.6. The highest BCUT2D eigenvalue weighted by molar-refractivity contribution is 5.44. The molecular formula is C14H19FN4. The molecule has 0 aliphatic rings. The van der Waals surface area contributed by atoms with Gasteiger partial charge >= 0.3 is 0 Å². The molecule has 0 aliphatic heterocycles. The normalized spacial score (nSPS) is 10.7. The van der Waals surface area contributed by atoms with Crippen LogP contribution >= 0.6 is 0 Å². The summed E-state index contributed by atoms with van der Waals surface area (Å²) in [5.74, 6) is -0.281. The van der Waals surface area contributed by atoms with Crippen LogP contribution < -0.4 is 4.90 Å². The summed E-state index contributed by atoms with van der Waals surface area (Å²) in [6.07, 6.45) is 3.77. The number of hydrogen-bond acceptors (Lipinski definition) is 3. The first-order chi connectivity index (χ1) is 9.08. The average molecular weight is 262 g/mol. The molecule has 0 unspecified atom stereocenters. The van der Waals surface area contributed by atoms with E-state index in [0.29, 0.717) is 5.69 Å². The number of halogens is 1. The molecule has 2 aromatic heterocycles. The number of nitrogens with zero attached hydrogens (tertiary/aromatic N) is 4. The number of aryl methyl sites for hydroxylation is 3. The van der Waals surface area contributed by atoms with Crippen molar-refractivity contribution in [1.82, 2.24) is 14.8 Å². The molecule has 0 radical (unpaired) electrons. The van der Waals surface area contributed by atoms with Crippen LogP contribution in [0, 0.1) is 19.7 Å². The highest BCUT2D eigenvalue weighted by atomic mass is 19.1. The summed E-state index contributed by atoms with van der Waals surface area (Å²) < 4.78 is 15.5. The van der Waals surface area contributed by atoms with E-state index >= 15 is 0 Å². The van der Waals surface area contributed by atoms with Gasteiger partial charge in [-0.1, -0.05) is 0 Å². The molecule has 0 bridgehead atoms. The Morgan fingerprint density at radius 3 is 2.79 bits per heavy atom. The smallest absolute Gasteiger partial charge is 0.164 e. The van der Waals surface area contributed by atoms with Crippen molar-refractivity contribution >= 4 is 5.69 Å². The maximum atomic E-state index is 13.5. The average Bonchev–Trinajstić information content (AvgIpc) is 2.68. The maximum Gasteiger partial charge on any atom is 0.164 e.